The maximum atomic E-state index is 4.92. The lowest BCUT2D eigenvalue weighted by molar-refractivity contribution is 0.255. The van der Waals surface area contributed by atoms with E-state index in [4.69, 9.17) is 4.98 Å². The Hall–Kier alpha value is -1.39. The highest BCUT2D eigenvalue weighted by Crippen LogP contribution is 2.34. The molecule has 2 aliphatic rings. The monoisotopic (exact) mass is 327 g/mol. The van der Waals surface area contributed by atoms with Gasteiger partial charge in [0.25, 0.3) is 0 Å². The van der Waals surface area contributed by atoms with E-state index in [9.17, 15) is 0 Å². The molecular weight excluding hydrogens is 302 g/mol. The van der Waals surface area contributed by atoms with Gasteiger partial charge in [0.1, 0.15) is 0 Å². The fourth-order valence-corrected chi connectivity index (χ4v) is 4.69. The minimum absolute atomic E-state index is 0.653. The third-order valence-corrected chi connectivity index (χ3v) is 6.33. The molecule has 1 aromatic carbocycles. The number of nitrogens with zero attached hydrogens (tertiary/aromatic N) is 2. The fourth-order valence-electron chi connectivity index (χ4n) is 3.52. The van der Waals surface area contributed by atoms with Crippen LogP contribution >= 0.6 is 11.3 Å². The molecule has 1 saturated heterocycles. The van der Waals surface area contributed by atoms with Gasteiger partial charge in [-0.15, -0.1) is 11.3 Å². The van der Waals surface area contributed by atoms with Crippen LogP contribution in [0.4, 0.5) is 0 Å². The van der Waals surface area contributed by atoms with E-state index in [0.29, 0.717) is 5.92 Å². The van der Waals surface area contributed by atoms with Gasteiger partial charge < -0.3 is 10.2 Å². The van der Waals surface area contributed by atoms with Crippen molar-refractivity contribution in [2.24, 2.45) is 5.92 Å². The van der Waals surface area contributed by atoms with Gasteiger partial charge in [0.2, 0.25) is 0 Å². The number of benzene rings is 1. The Balaban J connectivity index is 1.60. The molecule has 0 spiro atoms. The number of rotatable bonds is 2. The molecule has 1 unspecified atom stereocenters. The number of likely N-dealkylation sites (tertiary alicyclic amines) is 1. The van der Waals surface area contributed by atoms with Gasteiger partial charge in [-0.1, -0.05) is 19.1 Å². The van der Waals surface area contributed by atoms with Crippen molar-refractivity contribution in [1.29, 1.82) is 0 Å². The largest absolute Gasteiger partial charge is 0.385 e. The van der Waals surface area contributed by atoms with Gasteiger partial charge in [-0.2, -0.15) is 0 Å². The topological polar surface area (TPSA) is 28.2 Å². The zero-order valence-electron chi connectivity index (χ0n) is 14.0. The SMILES string of the molecule is CC1CC=C(c2ccc3nc(C4CCN(C)CC4)sc3c2)NC1. The number of aromatic nitrogens is 1. The number of hydrogen-bond acceptors (Lipinski definition) is 4. The number of fused-ring (bicyclic) bond motifs is 1. The highest BCUT2D eigenvalue weighted by atomic mass is 32.1. The van der Waals surface area contributed by atoms with Gasteiger partial charge in [-0.25, -0.2) is 4.98 Å². The molecule has 1 fully saturated rings. The van der Waals surface area contributed by atoms with Crippen molar-refractivity contribution in [3.8, 4) is 0 Å². The van der Waals surface area contributed by atoms with Crippen LogP contribution in [0.25, 0.3) is 15.9 Å². The highest BCUT2D eigenvalue weighted by molar-refractivity contribution is 7.18. The summed E-state index contributed by atoms with van der Waals surface area (Å²) in [5.41, 5.74) is 3.76. The molecule has 3 nitrogen and oxygen atoms in total. The van der Waals surface area contributed by atoms with Crippen LogP contribution in [0.3, 0.4) is 0 Å². The zero-order chi connectivity index (χ0) is 15.8. The first-order chi connectivity index (χ1) is 11.2. The number of allylic oxidation sites excluding steroid dienone is 1. The summed E-state index contributed by atoms with van der Waals surface area (Å²) in [5.74, 6) is 1.39. The van der Waals surface area contributed by atoms with Crippen LogP contribution in [-0.4, -0.2) is 36.6 Å². The Labute approximate surface area is 142 Å². The molecule has 0 saturated carbocycles. The lowest BCUT2D eigenvalue weighted by Gasteiger charge is -2.27. The second-order valence-electron chi connectivity index (χ2n) is 7.15. The van der Waals surface area contributed by atoms with Crippen LogP contribution in [0.1, 0.15) is 42.7 Å². The molecule has 4 heteroatoms. The van der Waals surface area contributed by atoms with Gasteiger partial charge in [0.15, 0.2) is 0 Å². The molecule has 2 aromatic rings. The van der Waals surface area contributed by atoms with Gasteiger partial charge >= 0.3 is 0 Å². The Kier molecular flexibility index (Phi) is 4.12. The smallest absolute Gasteiger partial charge is 0.0970 e. The Bertz CT molecular complexity index is 725. The zero-order valence-corrected chi connectivity index (χ0v) is 14.8. The quantitative estimate of drug-likeness (QED) is 0.901. The second kappa shape index (κ2) is 6.25. The first kappa shape index (κ1) is 15.2. The maximum absolute atomic E-state index is 4.92. The van der Waals surface area contributed by atoms with Crippen LogP contribution < -0.4 is 5.32 Å². The molecule has 0 amide bonds. The molecule has 1 N–H and O–H groups in total. The summed E-state index contributed by atoms with van der Waals surface area (Å²) in [7, 11) is 2.21. The Morgan fingerprint density at radius 3 is 2.83 bits per heavy atom. The number of piperidine rings is 1. The molecule has 2 aliphatic heterocycles. The maximum Gasteiger partial charge on any atom is 0.0970 e. The van der Waals surface area contributed by atoms with Gasteiger partial charge in [0.05, 0.1) is 15.2 Å². The standard InChI is InChI=1S/C19H25N3S/c1-13-3-5-16(20-12-13)15-4-6-17-18(11-15)23-19(21-17)14-7-9-22(2)10-8-14/h4-6,11,13-14,20H,3,7-10,12H2,1-2H3. The number of nitrogens with one attached hydrogen (secondary N) is 1. The average molecular weight is 327 g/mol. The van der Waals surface area contributed by atoms with Crippen LogP contribution in [0.5, 0.6) is 0 Å². The molecule has 23 heavy (non-hydrogen) atoms. The van der Waals surface area contributed by atoms with E-state index in [1.54, 1.807) is 0 Å². The Morgan fingerprint density at radius 2 is 2.09 bits per heavy atom. The summed E-state index contributed by atoms with van der Waals surface area (Å²) in [6, 6.07) is 6.73. The number of thiazole rings is 1. The van der Waals surface area contributed by atoms with Crippen molar-refractivity contribution in [2.45, 2.75) is 32.1 Å². The van der Waals surface area contributed by atoms with E-state index < -0.39 is 0 Å². The van der Waals surface area contributed by atoms with Gasteiger partial charge in [-0.3, -0.25) is 0 Å². The van der Waals surface area contributed by atoms with Gasteiger partial charge in [-0.05, 0) is 63.0 Å². The van der Waals surface area contributed by atoms with Crippen molar-refractivity contribution in [2.75, 3.05) is 26.7 Å². The lowest BCUT2D eigenvalue weighted by Crippen LogP contribution is -2.29. The molecular formula is C19H25N3S. The summed E-state index contributed by atoms with van der Waals surface area (Å²) >= 11 is 1.90. The van der Waals surface area contributed by atoms with Crippen LogP contribution in [-0.2, 0) is 0 Å². The summed E-state index contributed by atoms with van der Waals surface area (Å²) in [5, 5.41) is 4.90. The third kappa shape index (κ3) is 3.15. The van der Waals surface area contributed by atoms with E-state index >= 15 is 0 Å². The fraction of sp³-hybridized carbons (Fsp3) is 0.526. The highest BCUT2D eigenvalue weighted by Gasteiger charge is 2.21. The van der Waals surface area contributed by atoms with Crippen molar-refractivity contribution >= 4 is 27.3 Å². The average Bonchev–Trinajstić information content (AvgIpc) is 2.99. The summed E-state index contributed by atoms with van der Waals surface area (Å²) < 4.78 is 1.33. The van der Waals surface area contributed by atoms with Crippen molar-refractivity contribution < 1.29 is 0 Å². The van der Waals surface area contributed by atoms with E-state index in [0.717, 1.165) is 18.0 Å². The van der Waals surface area contributed by atoms with Crippen LogP contribution in [0.15, 0.2) is 24.3 Å². The number of hydrogen-bond donors (Lipinski definition) is 1. The molecule has 1 aromatic heterocycles. The summed E-state index contributed by atoms with van der Waals surface area (Å²) in [4.78, 5) is 7.34. The molecule has 0 radical (unpaired) electrons. The van der Waals surface area contributed by atoms with E-state index in [2.05, 4.69) is 48.5 Å². The first-order valence-electron chi connectivity index (χ1n) is 8.72. The molecule has 1 atom stereocenters. The molecule has 3 heterocycles. The normalized spacial score (nSPS) is 23.7. The second-order valence-corrected chi connectivity index (χ2v) is 8.21. The van der Waals surface area contributed by atoms with E-state index in [1.165, 1.54) is 53.3 Å². The summed E-state index contributed by atoms with van der Waals surface area (Å²) in [6.45, 7) is 5.76. The molecule has 0 aliphatic carbocycles. The van der Waals surface area contributed by atoms with Crippen molar-refractivity contribution in [3.63, 3.8) is 0 Å². The minimum atomic E-state index is 0.653. The molecule has 0 bridgehead atoms. The van der Waals surface area contributed by atoms with Crippen molar-refractivity contribution in [1.82, 2.24) is 15.2 Å². The Morgan fingerprint density at radius 1 is 1.26 bits per heavy atom. The molecule has 4 rings (SSSR count). The predicted molar refractivity (Wildman–Crippen MR) is 98.9 cm³/mol. The van der Waals surface area contributed by atoms with E-state index in [-0.39, 0.29) is 0 Å². The molecule has 122 valence electrons. The van der Waals surface area contributed by atoms with Crippen molar-refractivity contribution in [3.05, 3.63) is 34.8 Å². The van der Waals surface area contributed by atoms with Crippen LogP contribution in [0, 0.1) is 5.92 Å². The van der Waals surface area contributed by atoms with E-state index in [1.807, 2.05) is 11.3 Å². The minimum Gasteiger partial charge on any atom is -0.385 e. The first-order valence-corrected chi connectivity index (χ1v) is 9.54. The van der Waals surface area contributed by atoms with Gasteiger partial charge in [0, 0.05) is 18.2 Å². The van der Waals surface area contributed by atoms with Crippen LogP contribution in [0.2, 0.25) is 0 Å². The lowest BCUT2D eigenvalue weighted by atomic mass is 9.98. The summed E-state index contributed by atoms with van der Waals surface area (Å²) in [6.07, 6.45) is 6.00. The third-order valence-electron chi connectivity index (χ3n) is 5.15. The predicted octanol–water partition coefficient (Wildman–Crippen LogP) is 4.08.